The molecule has 3 rings (SSSR count). The first-order valence-electron chi connectivity index (χ1n) is 7.70. The Morgan fingerprint density at radius 3 is 2.62 bits per heavy atom. The van der Waals surface area contributed by atoms with Crippen LogP contribution < -0.4 is 0 Å². The number of fused-ring (bicyclic) bond motifs is 1. The maximum absolute atomic E-state index is 14.1. The largest absolute Gasteiger partial charge is 0.385 e. The Balaban J connectivity index is 2.19. The van der Waals surface area contributed by atoms with Crippen LogP contribution >= 0.6 is 0 Å². The van der Waals surface area contributed by atoms with Crippen molar-refractivity contribution in [2.75, 3.05) is 6.26 Å². The lowest BCUT2D eigenvalue weighted by Gasteiger charge is -2.18. The van der Waals surface area contributed by atoms with Gasteiger partial charge in [0.15, 0.2) is 9.84 Å². The molecule has 0 fully saturated rings. The average molecular weight is 379 g/mol. The molecule has 3 atom stereocenters. The third-order valence-electron chi connectivity index (χ3n) is 4.45. The third-order valence-corrected chi connectivity index (χ3v) is 5.60. The van der Waals surface area contributed by atoms with Crippen LogP contribution in [0.4, 0.5) is 8.78 Å². The highest BCUT2D eigenvalue weighted by Crippen LogP contribution is 2.42. The van der Waals surface area contributed by atoms with E-state index >= 15 is 0 Å². The van der Waals surface area contributed by atoms with Gasteiger partial charge >= 0.3 is 0 Å². The van der Waals surface area contributed by atoms with Crippen LogP contribution in [0, 0.1) is 17.1 Å². The Morgan fingerprint density at radius 2 is 2.00 bits per heavy atom. The molecule has 2 aromatic carbocycles. The van der Waals surface area contributed by atoms with Crippen LogP contribution in [0.5, 0.6) is 0 Å². The number of alkyl halides is 1. The molecule has 1 aliphatic rings. The first kappa shape index (κ1) is 18.5. The molecular formula is C18H15F2NO4S. The van der Waals surface area contributed by atoms with Crippen LogP contribution in [0.25, 0.3) is 0 Å². The van der Waals surface area contributed by atoms with E-state index in [1.54, 1.807) is 6.07 Å². The second-order valence-corrected chi connectivity index (χ2v) is 8.25. The smallest absolute Gasteiger partial charge is 0.175 e. The number of benzene rings is 2. The van der Waals surface area contributed by atoms with E-state index in [1.807, 2.05) is 0 Å². The first-order valence-corrected chi connectivity index (χ1v) is 9.59. The van der Waals surface area contributed by atoms with E-state index in [4.69, 9.17) is 5.26 Å². The summed E-state index contributed by atoms with van der Waals surface area (Å²) in [5.74, 6) is -0.717. The molecule has 2 aromatic rings. The van der Waals surface area contributed by atoms with Crippen molar-refractivity contribution in [2.24, 2.45) is 0 Å². The maximum Gasteiger partial charge on any atom is 0.175 e. The van der Waals surface area contributed by atoms with Crippen molar-refractivity contribution in [3.8, 4) is 6.07 Å². The monoisotopic (exact) mass is 379 g/mol. The molecule has 0 radical (unpaired) electrons. The van der Waals surface area contributed by atoms with Crippen molar-refractivity contribution in [1.82, 2.24) is 0 Å². The summed E-state index contributed by atoms with van der Waals surface area (Å²) < 4.78 is 51.6. The lowest BCUT2D eigenvalue weighted by atomic mass is 9.93. The third kappa shape index (κ3) is 3.09. The summed E-state index contributed by atoms with van der Waals surface area (Å²) in [6.45, 7) is 0. The fourth-order valence-electron chi connectivity index (χ4n) is 3.29. The molecule has 8 heteroatoms. The Bertz CT molecular complexity index is 1030. The summed E-state index contributed by atoms with van der Waals surface area (Å²) in [4.78, 5) is -0.201. The summed E-state index contributed by atoms with van der Waals surface area (Å²) >= 11 is 0. The van der Waals surface area contributed by atoms with Gasteiger partial charge < -0.3 is 10.2 Å². The van der Waals surface area contributed by atoms with Crippen LogP contribution in [0.3, 0.4) is 0 Å². The highest BCUT2D eigenvalue weighted by molar-refractivity contribution is 7.90. The van der Waals surface area contributed by atoms with Gasteiger partial charge in [-0.05, 0) is 41.0 Å². The van der Waals surface area contributed by atoms with E-state index in [-0.39, 0.29) is 39.1 Å². The quantitative estimate of drug-likeness (QED) is 0.851. The van der Waals surface area contributed by atoms with Gasteiger partial charge in [-0.15, -0.1) is 0 Å². The minimum atomic E-state index is -3.72. The number of rotatable bonds is 3. The summed E-state index contributed by atoms with van der Waals surface area (Å²) in [6.07, 6.45) is -4.06. The summed E-state index contributed by atoms with van der Waals surface area (Å²) in [5.41, 5.74) is 0.359. The lowest BCUT2D eigenvalue weighted by molar-refractivity contribution is 0.0907. The van der Waals surface area contributed by atoms with Gasteiger partial charge in [-0.3, -0.25) is 0 Å². The summed E-state index contributed by atoms with van der Waals surface area (Å²) in [7, 11) is -3.72. The second-order valence-electron chi connectivity index (χ2n) is 6.27. The summed E-state index contributed by atoms with van der Waals surface area (Å²) in [6, 6.07) is 7.64. The van der Waals surface area contributed by atoms with Crippen LogP contribution in [0.15, 0.2) is 35.2 Å². The number of aliphatic hydroxyl groups excluding tert-OH is 2. The molecule has 1 aliphatic carbocycles. The molecule has 0 saturated carbocycles. The van der Waals surface area contributed by atoms with E-state index in [2.05, 4.69) is 0 Å². The number of hydrogen-bond donors (Lipinski definition) is 2. The van der Waals surface area contributed by atoms with Crippen molar-refractivity contribution >= 4 is 9.84 Å². The van der Waals surface area contributed by atoms with Gasteiger partial charge in [0.05, 0.1) is 16.5 Å². The standard InChI is InChI=1S/C18H15F2NO4S/c1-26(24,25)15-3-2-12(13-7-14(20)18(23)16(13)15)17(22)10-4-9(8-21)5-11(19)6-10/h2-6,14,17-18,22-23H,7H2,1H3/t14-,17-,18-/m1/s1. The molecule has 0 saturated heterocycles. The molecule has 26 heavy (non-hydrogen) atoms. The minimum Gasteiger partial charge on any atom is -0.385 e. The van der Waals surface area contributed by atoms with Gasteiger partial charge in [0.2, 0.25) is 0 Å². The van der Waals surface area contributed by atoms with Crippen molar-refractivity contribution in [3.05, 3.63) is 64.0 Å². The molecule has 136 valence electrons. The van der Waals surface area contributed by atoms with E-state index in [1.165, 1.54) is 18.2 Å². The second kappa shape index (κ2) is 6.43. The molecule has 0 heterocycles. The van der Waals surface area contributed by atoms with Crippen molar-refractivity contribution in [3.63, 3.8) is 0 Å². The molecule has 5 nitrogen and oxygen atoms in total. The van der Waals surface area contributed by atoms with Crippen molar-refractivity contribution in [1.29, 1.82) is 5.26 Å². The number of nitrogens with zero attached hydrogens (tertiary/aromatic N) is 1. The number of sulfone groups is 1. The van der Waals surface area contributed by atoms with Gasteiger partial charge in [-0.25, -0.2) is 17.2 Å². The van der Waals surface area contributed by atoms with Gasteiger partial charge in [-0.2, -0.15) is 5.26 Å². The summed E-state index contributed by atoms with van der Waals surface area (Å²) in [5, 5.41) is 29.7. The van der Waals surface area contributed by atoms with E-state index in [9.17, 15) is 27.4 Å². The van der Waals surface area contributed by atoms with E-state index < -0.39 is 34.0 Å². The van der Waals surface area contributed by atoms with Gasteiger partial charge in [0, 0.05) is 18.2 Å². The van der Waals surface area contributed by atoms with Gasteiger partial charge in [-0.1, -0.05) is 6.07 Å². The van der Waals surface area contributed by atoms with Crippen LogP contribution in [-0.2, 0) is 16.3 Å². The Hall–Kier alpha value is -2.34. The Labute approximate surface area is 149 Å². The van der Waals surface area contributed by atoms with Crippen molar-refractivity contribution in [2.45, 2.75) is 29.7 Å². The molecule has 0 amide bonds. The normalized spacial score (nSPS) is 20.5. The van der Waals surface area contributed by atoms with Gasteiger partial charge in [0.1, 0.15) is 24.2 Å². The molecule has 0 aromatic heterocycles. The fourth-order valence-corrected chi connectivity index (χ4v) is 4.25. The molecule has 0 bridgehead atoms. The maximum atomic E-state index is 14.1. The molecule has 0 spiro atoms. The number of halogens is 2. The fraction of sp³-hybridized carbons (Fsp3) is 0.278. The average Bonchev–Trinajstić information content (AvgIpc) is 2.87. The van der Waals surface area contributed by atoms with Crippen LogP contribution in [0.2, 0.25) is 0 Å². The van der Waals surface area contributed by atoms with Crippen molar-refractivity contribution < 1.29 is 27.4 Å². The molecule has 0 aliphatic heterocycles. The van der Waals surface area contributed by atoms with Crippen LogP contribution in [-0.4, -0.2) is 31.1 Å². The lowest BCUT2D eigenvalue weighted by Crippen LogP contribution is -2.11. The molecule has 0 unspecified atom stereocenters. The number of aliphatic hydroxyl groups is 2. The number of hydrogen-bond acceptors (Lipinski definition) is 5. The first-order chi connectivity index (χ1) is 12.1. The van der Waals surface area contributed by atoms with Gasteiger partial charge in [0.25, 0.3) is 0 Å². The SMILES string of the molecule is CS(=O)(=O)c1ccc([C@H](O)c2cc(F)cc(C#N)c2)c2c1[C@H](O)[C@H](F)C2. The topological polar surface area (TPSA) is 98.4 Å². The molecular weight excluding hydrogens is 364 g/mol. The van der Waals surface area contributed by atoms with Crippen LogP contribution in [0.1, 0.15) is 40.0 Å². The van der Waals surface area contributed by atoms with E-state index in [0.29, 0.717) is 0 Å². The zero-order valence-electron chi connectivity index (χ0n) is 13.6. The number of nitriles is 1. The predicted molar refractivity (Wildman–Crippen MR) is 88.3 cm³/mol. The Kier molecular flexibility index (Phi) is 4.56. The predicted octanol–water partition coefficient (Wildman–Crippen LogP) is 2.11. The van der Waals surface area contributed by atoms with E-state index in [0.717, 1.165) is 18.4 Å². The highest BCUT2D eigenvalue weighted by Gasteiger charge is 2.38. The minimum absolute atomic E-state index is 0.00635. The Morgan fingerprint density at radius 1 is 1.31 bits per heavy atom. The molecule has 2 N–H and O–H groups in total. The zero-order valence-corrected chi connectivity index (χ0v) is 14.5. The highest BCUT2D eigenvalue weighted by atomic mass is 32.2. The zero-order chi connectivity index (χ0) is 19.2.